The van der Waals surface area contributed by atoms with Crippen molar-refractivity contribution in [3.63, 3.8) is 0 Å². The van der Waals surface area contributed by atoms with Gasteiger partial charge in [0.1, 0.15) is 0 Å². The molecule has 7 heteroatoms. The van der Waals surface area contributed by atoms with Crippen LogP contribution in [0.4, 0.5) is 5.69 Å². The summed E-state index contributed by atoms with van der Waals surface area (Å²) in [6, 6.07) is 12.6. The zero-order valence-electron chi connectivity index (χ0n) is 20.3. The zero-order chi connectivity index (χ0) is 25.3. The monoisotopic (exact) mass is 608 g/mol. The van der Waals surface area contributed by atoms with Crippen molar-refractivity contribution in [3.8, 4) is 0 Å². The number of aryl methyl sites for hydroxylation is 6. The van der Waals surface area contributed by atoms with Gasteiger partial charge in [-0.25, -0.2) is 0 Å². The Morgan fingerprint density at radius 3 is 1.82 bits per heavy atom. The van der Waals surface area contributed by atoms with Crippen molar-refractivity contribution in [2.24, 2.45) is 0 Å². The number of hydrogen-bond acceptors (Lipinski definition) is 3. The van der Waals surface area contributed by atoms with E-state index >= 15 is 0 Å². The van der Waals surface area contributed by atoms with Crippen LogP contribution in [-0.2, 0) is 22.5 Å². The van der Waals surface area contributed by atoms with E-state index in [1.807, 2.05) is 0 Å². The average Bonchev–Trinajstić information content (AvgIpc) is 3.20. The molecule has 1 aliphatic heterocycles. The number of aromatic nitrogens is 1. The van der Waals surface area contributed by atoms with Crippen LogP contribution >= 0.6 is 30.7 Å². The SMILES string of the molecule is Cc1cc(C)c(CN2C=CN(c3c(C)cc(C)cc3C)[CH-]2)c(C)c1.Clc1cccnc1.[Cl][Pd][Cl]. The molecule has 186 valence electrons. The first-order chi connectivity index (χ1) is 16.2. The van der Waals surface area contributed by atoms with Crippen LogP contribution in [0.15, 0.2) is 61.2 Å². The minimum atomic E-state index is -0.106. The summed E-state index contributed by atoms with van der Waals surface area (Å²) >= 11 is 5.37. The Hall–Kier alpha value is -1.54. The summed E-state index contributed by atoms with van der Waals surface area (Å²) in [5, 5.41) is 0.683. The molecule has 0 saturated carbocycles. The summed E-state index contributed by atoms with van der Waals surface area (Å²) in [6.45, 7) is 16.2. The zero-order valence-corrected chi connectivity index (χ0v) is 24.2. The number of anilines is 1. The van der Waals surface area contributed by atoms with Gasteiger partial charge in [0.25, 0.3) is 0 Å². The summed E-state index contributed by atoms with van der Waals surface area (Å²) in [5.74, 6) is 0. The molecule has 3 nitrogen and oxygen atoms in total. The van der Waals surface area contributed by atoms with Crippen molar-refractivity contribution < 1.29 is 15.9 Å². The van der Waals surface area contributed by atoms with Crippen LogP contribution in [0.25, 0.3) is 0 Å². The summed E-state index contributed by atoms with van der Waals surface area (Å²) in [7, 11) is 9.63. The first-order valence-electron chi connectivity index (χ1n) is 10.8. The molecule has 1 aliphatic rings. The van der Waals surface area contributed by atoms with Gasteiger partial charge in [-0.15, -0.1) is 0 Å². The number of halogens is 3. The predicted molar refractivity (Wildman–Crippen MR) is 144 cm³/mol. The third kappa shape index (κ3) is 8.60. The second-order valence-corrected chi connectivity index (χ2v) is 11.1. The molecule has 2 aromatic carbocycles. The second-order valence-electron chi connectivity index (χ2n) is 8.33. The average molecular weight is 610 g/mol. The van der Waals surface area contributed by atoms with Crippen molar-refractivity contribution in [2.75, 3.05) is 4.90 Å². The van der Waals surface area contributed by atoms with Crippen LogP contribution in [-0.4, -0.2) is 9.88 Å². The van der Waals surface area contributed by atoms with Gasteiger partial charge in [0.05, 0.1) is 5.02 Å². The molecule has 4 rings (SSSR count). The molecule has 0 aliphatic carbocycles. The van der Waals surface area contributed by atoms with Crippen LogP contribution < -0.4 is 4.90 Å². The van der Waals surface area contributed by atoms with Crippen LogP contribution in [0, 0.1) is 48.2 Å². The van der Waals surface area contributed by atoms with E-state index < -0.39 is 0 Å². The molecule has 2 heterocycles. The van der Waals surface area contributed by atoms with Crippen molar-refractivity contribution >= 4 is 36.3 Å². The predicted octanol–water partition coefficient (Wildman–Crippen LogP) is 8.56. The minimum absolute atomic E-state index is 0.106. The summed E-state index contributed by atoms with van der Waals surface area (Å²) in [5.41, 5.74) is 10.7. The van der Waals surface area contributed by atoms with Crippen molar-refractivity contribution in [1.29, 1.82) is 0 Å². The van der Waals surface area contributed by atoms with Gasteiger partial charge in [-0.2, -0.15) is 6.67 Å². The Balaban J connectivity index is 0.000000341. The van der Waals surface area contributed by atoms with Gasteiger partial charge >= 0.3 is 35.0 Å². The molecular formula is C27H31Cl3N3Pd-. The first-order valence-corrected chi connectivity index (χ1v) is 15.1. The molecule has 0 unspecified atom stereocenters. The third-order valence-electron chi connectivity index (χ3n) is 5.39. The van der Waals surface area contributed by atoms with Gasteiger partial charge in [0.2, 0.25) is 0 Å². The number of rotatable bonds is 3. The number of hydrogen-bond donors (Lipinski definition) is 0. The molecule has 0 saturated heterocycles. The van der Waals surface area contributed by atoms with Crippen molar-refractivity contribution in [1.82, 2.24) is 9.88 Å². The Bertz CT molecular complexity index is 1060. The molecular weight excluding hydrogens is 579 g/mol. The fraction of sp³-hybridized carbons (Fsp3) is 0.259. The van der Waals surface area contributed by atoms with Crippen LogP contribution in [0.1, 0.15) is 38.9 Å². The molecule has 0 fully saturated rings. The van der Waals surface area contributed by atoms with E-state index in [1.165, 1.54) is 44.6 Å². The topological polar surface area (TPSA) is 19.4 Å². The molecule has 3 aromatic rings. The fourth-order valence-electron chi connectivity index (χ4n) is 4.18. The standard InChI is InChI=1S/C22H27N2.C5H4ClN.2ClH.Pd/c1-15-9-17(3)21(18(4)10-15)13-23-7-8-24(14-23)22-19(5)11-16(2)12-20(22)6;6-5-2-1-3-7-4-5;;;/h7-12,14H,13H2,1-6H3;1-4H;2*1H;/q-1;;;;+2/p-2. The first kappa shape index (κ1) is 28.7. The van der Waals surface area contributed by atoms with E-state index in [2.05, 4.69) is 99.7 Å². The van der Waals surface area contributed by atoms with Gasteiger partial charge in [-0.3, -0.25) is 4.98 Å². The van der Waals surface area contributed by atoms with E-state index in [9.17, 15) is 0 Å². The maximum absolute atomic E-state index is 5.48. The van der Waals surface area contributed by atoms with Crippen molar-refractivity contribution in [2.45, 2.75) is 48.1 Å². The molecule has 34 heavy (non-hydrogen) atoms. The molecule has 0 bridgehead atoms. The van der Waals surface area contributed by atoms with Gasteiger partial charge < -0.3 is 9.80 Å². The Morgan fingerprint density at radius 1 is 0.853 bits per heavy atom. The van der Waals surface area contributed by atoms with Crippen molar-refractivity contribution in [3.05, 3.63) is 112 Å². The number of nitrogens with zero attached hydrogens (tertiary/aromatic N) is 3. The van der Waals surface area contributed by atoms with E-state index in [4.69, 9.17) is 30.7 Å². The van der Waals surface area contributed by atoms with Crippen LogP contribution in [0.5, 0.6) is 0 Å². The summed E-state index contributed by atoms with van der Waals surface area (Å²) < 4.78 is 0. The molecule has 0 radical (unpaired) electrons. The molecule has 0 atom stereocenters. The van der Waals surface area contributed by atoms with E-state index in [-0.39, 0.29) is 15.9 Å². The fourth-order valence-corrected chi connectivity index (χ4v) is 4.31. The van der Waals surface area contributed by atoms with Gasteiger partial charge in [0.15, 0.2) is 0 Å². The maximum atomic E-state index is 5.48. The second kappa shape index (κ2) is 14.1. The van der Waals surface area contributed by atoms with E-state index in [0.29, 0.717) is 5.02 Å². The molecule has 1 aromatic heterocycles. The summed E-state index contributed by atoms with van der Waals surface area (Å²) in [6.07, 6.45) is 7.61. The van der Waals surface area contributed by atoms with Crippen LogP contribution in [0.3, 0.4) is 0 Å². The molecule has 0 amide bonds. The normalized spacial score (nSPS) is 12.3. The number of benzene rings is 2. The third-order valence-corrected chi connectivity index (χ3v) is 5.62. The Morgan fingerprint density at radius 2 is 1.38 bits per heavy atom. The Kier molecular flexibility index (Phi) is 11.9. The number of pyridine rings is 1. The van der Waals surface area contributed by atoms with E-state index in [1.54, 1.807) is 24.5 Å². The molecule has 0 spiro atoms. The van der Waals surface area contributed by atoms with Gasteiger partial charge in [-0.1, -0.05) is 47.0 Å². The van der Waals surface area contributed by atoms with Gasteiger partial charge in [-0.05, 0) is 93.9 Å². The summed E-state index contributed by atoms with van der Waals surface area (Å²) in [4.78, 5) is 8.26. The van der Waals surface area contributed by atoms with Crippen LogP contribution in [0.2, 0.25) is 5.02 Å². The quantitative estimate of drug-likeness (QED) is 0.219. The van der Waals surface area contributed by atoms with Gasteiger partial charge in [0, 0.05) is 24.6 Å². The van der Waals surface area contributed by atoms with E-state index in [0.717, 1.165) is 6.54 Å². The molecule has 0 N–H and O–H groups in total. The Labute approximate surface area is 225 Å².